The van der Waals surface area contributed by atoms with Crippen molar-refractivity contribution in [1.82, 2.24) is 20.9 Å². The molecule has 2 aliphatic rings. The summed E-state index contributed by atoms with van der Waals surface area (Å²) in [6.07, 6.45) is 0. The molecule has 23 heavy (non-hydrogen) atoms. The SMILES string of the molecule is C[C@@H]1CN(C(=O)c2ccc([C@]3(C)NC(=O)NC3=O)cc2)CCN1. The number of amides is 4. The fraction of sp³-hybridized carbons (Fsp3) is 0.438. The van der Waals surface area contributed by atoms with Crippen LogP contribution in [0.4, 0.5) is 4.79 Å². The van der Waals surface area contributed by atoms with Gasteiger partial charge in [0, 0.05) is 31.2 Å². The number of rotatable bonds is 2. The van der Waals surface area contributed by atoms with E-state index in [1.807, 2.05) is 11.8 Å². The Morgan fingerprint density at radius 2 is 1.96 bits per heavy atom. The number of hydrogen-bond acceptors (Lipinski definition) is 4. The zero-order valence-corrected chi connectivity index (χ0v) is 13.2. The predicted molar refractivity (Wildman–Crippen MR) is 83.8 cm³/mol. The Bertz CT molecular complexity index is 658. The van der Waals surface area contributed by atoms with E-state index < -0.39 is 17.5 Å². The molecular formula is C16H20N4O3. The highest BCUT2D eigenvalue weighted by Gasteiger charge is 2.43. The van der Waals surface area contributed by atoms with Crippen molar-refractivity contribution in [3.8, 4) is 0 Å². The van der Waals surface area contributed by atoms with E-state index >= 15 is 0 Å². The number of carbonyl (C=O) groups is 3. The molecular weight excluding hydrogens is 296 g/mol. The summed E-state index contributed by atoms with van der Waals surface area (Å²) < 4.78 is 0. The number of benzene rings is 1. The Balaban J connectivity index is 1.78. The van der Waals surface area contributed by atoms with Gasteiger partial charge in [0.15, 0.2) is 0 Å². The van der Waals surface area contributed by atoms with Crippen LogP contribution in [0.1, 0.15) is 29.8 Å². The Kier molecular flexibility index (Phi) is 3.81. The Labute approximate surface area is 134 Å². The lowest BCUT2D eigenvalue weighted by atomic mass is 9.91. The third-order valence-corrected chi connectivity index (χ3v) is 4.41. The van der Waals surface area contributed by atoms with E-state index in [2.05, 4.69) is 16.0 Å². The largest absolute Gasteiger partial charge is 0.336 e. The Hall–Kier alpha value is -2.41. The van der Waals surface area contributed by atoms with Gasteiger partial charge in [-0.05, 0) is 31.5 Å². The van der Waals surface area contributed by atoms with Crippen molar-refractivity contribution in [3.63, 3.8) is 0 Å². The first kappa shape index (κ1) is 15.5. The van der Waals surface area contributed by atoms with Gasteiger partial charge >= 0.3 is 6.03 Å². The van der Waals surface area contributed by atoms with Gasteiger partial charge in [0.2, 0.25) is 0 Å². The fourth-order valence-electron chi connectivity index (χ4n) is 2.99. The maximum Gasteiger partial charge on any atom is 0.322 e. The van der Waals surface area contributed by atoms with Crippen molar-refractivity contribution in [2.75, 3.05) is 19.6 Å². The zero-order valence-electron chi connectivity index (χ0n) is 13.2. The van der Waals surface area contributed by atoms with E-state index in [9.17, 15) is 14.4 Å². The minimum Gasteiger partial charge on any atom is -0.336 e. The Morgan fingerprint density at radius 3 is 2.52 bits per heavy atom. The summed E-state index contributed by atoms with van der Waals surface area (Å²) in [4.78, 5) is 37.6. The molecule has 0 saturated carbocycles. The van der Waals surface area contributed by atoms with Gasteiger partial charge in [-0.3, -0.25) is 14.9 Å². The van der Waals surface area contributed by atoms with Crippen LogP contribution in [0.5, 0.6) is 0 Å². The molecule has 3 N–H and O–H groups in total. The van der Waals surface area contributed by atoms with Crippen molar-refractivity contribution < 1.29 is 14.4 Å². The van der Waals surface area contributed by atoms with Crippen LogP contribution < -0.4 is 16.0 Å². The summed E-state index contributed by atoms with van der Waals surface area (Å²) in [7, 11) is 0. The molecule has 1 aromatic carbocycles. The smallest absolute Gasteiger partial charge is 0.322 e. The van der Waals surface area contributed by atoms with Gasteiger partial charge in [0.25, 0.3) is 11.8 Å². The number of nitrogens with zero attached hydrogens (tertiary/aromatic N) is 1. The third kappa shape index (κ3) is 2.79. The minimum absolute atomic E-state index is 0.0186. The average Bonchev–Trinajstić information content (AvgIpc) is 2.80. The van der Waals surface area contributed by atoms with Crippen molar-refractivity contribution in [1.29, 1.82) is 0 Å². The molecule has 0 spiro atoms. The van der Waals surface area contributed by atoms with Crippen molar-refractivity contribution in [2.24, 2.45) is 0 Å². The molecule has 2 fully saturated rings. The highest BCUT2D eigenvalue weighted by Crippen LogP contribution is 2.24. The third-order valence-electron chi connectivity index (χ3n) is 4.41. The van der Waals surface area contributed by atoms with Crippen LogP contribution in [0, 0.1) is 0 Å². The first-order valence-corrected chi connectivity index (χ1v) is 7.67. The summed E-state index contributed by atoms with van der Waals surface area (Å²) in [6.45, 7) is 5.83. The van der Waals surface area contributed by atoms with Gasteiger partial charge in [0.1, 0.15) is 5.54 Å². The zero-order chi connectivity index (χ0) is 16.6. The average molecular weight is 316 g/mol. The standard InChI is InChI=1S/C16H20N4O3/c1-10-9-20(8-7-17-10)13(21)11-3-5-12(6-4-11)16(2)14(22)18-15(23)19-16/h3-6,10,17H,7-9H2,1-2H3,(H2,18,19,22,23)/t10-,16+/m1/s1. The maximum atomic E-state index is 12.5. The first-order valence-electron chi connectivity index (χ1n) is 7.67. The van der Waals surface area contributed by atoms with Crippen LogP contribution in [-0.2, 0) is 10.3 Å². The summed E-state index contributed by atoms with van der Waals surface area (Å²) in [6, 6.07) is 6.60. The highest BCUT2D eigenvalue weighted by molar-refractivity contribution is 6.07. The molecule has 7 heteroatoms. The second-order valence-electron chi connectivity index (χ2n) is 6.22. The molecule has 122 valence electrons. The minimum atomic E-state index is -1.10. The molecule has 2 aliphatic heterocycles. The van der Waals surface area contributed by atoms with Gasteiger partial charge < -0.3 is 15.5 Å². The van der Waals surface area contributed by atoms with E-state index in [-0.39, 0.29) is 11.9 Å². The summed E-state index contributed by atoms with van der Waals surface area (Å²) >= 11 is 0. The number of hydrogen-bond donors (Lipinski definition) is 3. The summed E-state index contributed by atoms with van der Waals surface area (Å²) in [5.41, 5.74) is 0.129. The van der Waals surface area contributed by atoms with E-state index in [0.717, 1.165) is 6.54 Å². The molecule has 0 radical (unpaired) electrons. The summed E-state index contributed by atoms with van der Waals surface area (Å²) in [5, 5.41) is 8.14. The highest BCUT2D eigenvalue weighted by atomic mass is 16.2. The maximum absolute atomic E-state index is 12.5. The second-order valence-corrected chi connectivity index (χ2v) is 6.22. The van der Waals surface area contributed by atoms with Crippen LogP contribution in [0.25, 0.3) is 0 Å². The predicted octanol–water partition coefficient (Wildman–Crippen LogP) is 0.175. The van der Waals surface area contributed by atoms with Gasteiger partial charge in [-0.2, -0.15) is 0 Å². The molecule has 7 nitrogen and oxygen atoms in total. The Morgan fingerprint density at radius 1 is 1.26 bits per heavy atom. The van der Waals surface area contributed by atoms with Gasteiger partial charge in [-0.1, -0.05) is 12.1 Å². The molecule has 3 rings (SSSR count). The van der Waals surface area contributed by atoms with Gasteiger partial charge in [0.05, 0.1) is 0 Å². The molecule has 0 bridgehead atoms. The molecule has 4 amide bonds. The van der Waals surface area contributed by atoms with Gasteiger partial charge in [-0.15, -0.1) is 0 Å². The van der Waals surface area contributed by atoms with Crippen LogP contribution in [0.2, 0.25) is 0 Å². The van der Waals surface area contributed by atoms with Crippen LogP contribution >= 0.6 is 0 Å². The lowest BCUT2D eigenvalue weighted by Gasteiger charge is -2.32. The molecule has 1 aromatic rings. The molecule has 0 unspecified atom stereocenters. The lowest BCUT2D eigenvalue weighted by Crippen LogP contribution is -2.51. The first-order chi connectivity index (χ1) is 10.9. The van der Waals surface area contributed by atoms with Crippen LogP contribution in [0.15, 0.2) is 24.3 Å². The van der Waals surface area contributed by atoms with E-state index in [4.69, 9.17) is 0 Å². The number of nitrogens with one attached hydrogen (secondary N) is 3. The number of carbonyl (C=O) groups excluding carboxylic acids is 3. The van der Waals surface area contributed by atoms with E-state index in [0.29, 0.717) is 24.2 Å². The van der Waals surface area contributed by atoms with Crippen LogP contribution in [-0.4, -0.2) is 48.4 Å². The number of urea groups is 1. The van der Waals surface area contributed by atoms with Crippen molar-refractivity contribution >= 4 is 17.8 Å². The molecule has 0 aromatic heterocycles. The van der Waals surface area contributed by atoms with Crippen molar-refractivity contribution in [3.05, 3.63) is 35.4 Å². The summed E-state index contributed by atoms with van der Waals surface area (Å²) in [5.74, 6) is -0.410. The number of imide groups is 1. The van der Waals surface area contributed by atoms with Crippen molar-refractivity contribution in [2.45, 2.75) is 25.4 Å². The molecule has 0 aliphatic carbocycles. The molecule has 2 atom stereocenters. The topological polar surface area (TPSA) is 90.5 Å². The number of piperazine rings is 1. The molecule has 2 heterocycles. The van der Waals surface area contributed by atoms with E-state index in [1.54, 1.807) is 31.2 Å². The lowest BCUT2D eigenvalue weighted by molar-refractivity contribution is -0.123. The second kappa shape index (κ2) is 5.66. The molecule has 2 saturated heterocycles. The monoisotopic (exact) mass is 316 g/mol. The quantitative estimate of drug-likeness (QED) is 0.679. The van der Waals surface area contributed by atoms with Gasteiger partial charge in [-0.25, -0.2) is 4.79 Å². The van der Waals surface area contributed by atoms with Crippen LogP contribution in [0.3, 0.4) is 0 Å². The fourth-order valence-corrected chi connectivity index (χ4v) is 2.99. The van der Waals surface area contributed by atoms with E-state index in [1.165, 1.54) is 0 Å². The normalized spacial score (nSPS) is 27.6.